The fraction of sp³-hybridized carbons (Fsp3) is 0.516. The zero-order valence-corrected chi connectivity index (χ0v) is 25.1. The molecule has 0 saturated carbocycles. The largest absolute Gasteiger partial charge is 0.458 e. The lowest BCUT2D eigenvalue weighted by Gasteiger charge is -2.41. The minimum absolute atomic E-state index is 0.0467. The number of aromatic nitrogens is 3. The second-order valence-corrected chi connectivity index (χ2v) is 13.9. The number of thiazole rings is 1. The number of benzene rings is 1. The number of rotatable bonds is 6. The van der Waals surface area contributed by atoms with E-state index in [0.717, 1.165) is 16.1 Å². The Morgan fingerprint density at radius 1 is 1.08 bits per heavy atom. The molecule has 1 aromatic carbocycles. The molecule has 3 aromatic rings. The van der Waals surface area contributed by atoms with E-state index >= 15 is 0 Å². The molecule has 3 atom stereocenters. The van der Waals surface area contributed by atoms with E-state index in [-0.39, 0.29) is 29.1 Å². The van der Waals surface area contributed by atoms with Crippen LogP contribution in [0.25, 0.3) is 0 Å². The summed E-state index contributed by atoms with van der Waals surface area (Å²) in [4.78, 5) is 43.9. The molecule has 0 bridgehead atoms. The first-order chi connectivity index (χ1) is 18.2. The average molecular weight is 549 g/mol. The van der Waals surface area contributed by atoms with Crippen molar-refractivity contribution in [2.75, 3.05) is 0 Å². The lowest BCUT2D eigenvalue weighted by molar-refractivity contribution is -0.168. The summed E-state index contributed by atoms with van der Waals surface area (Å²) in [5.74, 6) is -0.703. The number of amides is 1. The molecule has 0 radical (unpaired) electrons. The maximum Gasteiger partial charge on any atom is 0.332 e. The average Bonchev–Trinajstić information content (AvgIpc) is 3.49. The van der Waals surface area contributed by atoms with Gasteiger partial charge in [-0.1, -0.05) is 46.8 Å². The van der Waals surface area contributed by atoms with Crippen molar-refractivity contribution in [3.05, 3.63) is 76.3 Å². The van der Waals surface area contributed by atoms with Gasteiger partial charge in [-0.05, 0) is 68.2 Å². The molecule has 1 aliphatic rings. The summed E-state index contributed by atoms with van der Waals surface area (Å²) in [6, 6.07) is 7.27. The zero-order valence-electron chi connectivity index (χ0n) is 24.3. The van der Waals surface area contributed by atoms with E-state index < -0.39 is 17.2 Å². The second-order valence-electron chi connectivity index (χ2n) is 12.9. The summed E-state index contributed by atoms with van der Waals surface area (Å²) in [6.45, 7) is 16.2. The van der Waals surface area contributed by atoms with Crippen LogP contribution in [-0.4, -0.2) is 42.9 Å². The van der Waals surface area contributed by atoms with Crippen LogP contribution in [0.1, 0.15) is 107 Å². The Labute approximate surface area is 236 Å². The van der Waals surface area contributed by atoms with Crippen molar-refractivity contribution in [3.8, 4) is 0 Å². The van der Waals surface area contributed by atoms with Crippen molar-refractivity contribution in [2.45, 2.75) is 96.7 Å². The third-order valence-electron chi connectivity index (χ3n) is 7.13. The first kappa shape index (κ1) is 28.9. The van der Waals surface area contributed by atoms with Crippen LogP contribution >= 0.6 is 11.3 Å². The standard InChI is InChI=1S/C31H40N4O3S/c1-20(2)15-31(28(37)38-30(6,7)8)16-24(22-17-32-19-33-18-22)25(26-34-13-14-39-26)35(31)27(36)21-9-11-23(12-10-21)29(3,4)5/h9-14,17-20,24-25H,15-16H2,1-8H3/t24?,25-,31+/m1/s1. The van der Waals surface area contributed by atoms with Gasteiger partial charge in [0.1, 0.15) is 22.5 Å². The second kappa shape index (κ2) is 10.8. The molecule has 1 unspecified atom stereocenters. The van der Waals surface area contributed by atoms with Gasteiger partial charge in [-0.25, -0.2) is 19.7 Å². The summed E-state index contributed by atoms with van der Waals surface area (Å²) >= 11 is 1.49. The Morgan fingerprint density at radius 3 is 2.23 bits per heavy atom. The van der Waals surface area contributed by atoms with Gasteiger partial charge in [0.15, 0.2) is 0 Å². The summed E-state index contributed by atoms with van der Waals surface area (Å²) in [6.07, 6.45) is 7.64. The molecule has 2 aromatic heterocycles. The molecule has 8 heteroatoms. The molecule has 7 nitrogen and oxygen atoms in total. The first-order valence-corrected chi connectivity index (χ1v) is 14.4. The molecule has 1 saturated heterocycles. The highest BCUT2D eigenvalue weighted by atomic mass is 32.1. The maximum atomic E-state index is 14.6. The quantitative estimate of drug-likeness (QED) is 0.318. The number of nitrogens with zero attached hydrogens (tertiary/aromatic N) is 4. The van der Waals surface area contributed by atoms with E-state index in [9.17, 15) is 9.59 Å². The number of hydrogen-bond donors (Lipinski definition) is 0. The molecule has 39 heavy (non-hydrogen) atoms. The molecular formula is C31H40N4O3S. The predicted molar refractivity (Wildman–Crippen MR) is 154 cm³/mol. The van der Waals surface area contributed by atoms with E-state index in [1.165, 1.54) is 17.7 Å². The topological polar surface area (TPSA) is 85.3 Å². The van der Waals surface area contributed by atoms with E-state index in [1.54, 1.807) is 23.5 Å². The fourth-order valence-corrected chi connectivity index (χ4v) is 6.35. The van der Waals surface area contributed by atoms with Crippen LogP contribution in [0.15, 0.2) is 54.6 Å². The lowest BCUT2D eigenvalue weighted by atomic mass is 9.82. The van der Waals surface area contributed by atoms with Crippen LogP contribution in [0.5, 0.6) is 0 Å². The minimum Gasteiger partial charge on any atom is -0.458 e. The SMILES string of the molecule is CC(C)C[C@@]1(C(=O)OC(C)(C)C)CC(c2cncnc2)[C@H](c2nccs2)N1C(=O)c1ccc(C(C)(C)C)cc1. The molecule has 4 rings (SSSR count). The normalized spacial score (nSPS) is 21.8. The van der Waals surface area contributed by atoms with Gasteiger partial charge in [-0.2, -0.15) is 0 Å². The number of ether oxygens (including phenoxy) is 1. The molecule has 1 amide bonds. The van der Waals surface area contributed by atoms with Crippen LogP contribution in [0.4, 0.5) is 0 Å². The van der Waals surface area contributed by atoms with E-state index in [0.29, 0.717) is 18.4 Å². The van der Waals surface area contributed by atoms with Gasteiger partial charge in [-0.15, -0.1) is 11.3 Å². The Bertz CT molecular complexity index is 1280. The minimum atomic E-state index is -1.20. The highest BCUT2D eigenvalue weighted by Gasteiger charge is 2.61. The van der Waals surface area contributed by atoms with Crippen molar-refractivity contribution >= 4 is 23.2 Å². The van der Waals surface area contributed by atoms with Crippen LogP contribution in [0.3, 0.4) is 0 Å². The first-order valence-electron chi connectivity index (χ1n) is 13.5. The van der Waals surface area contributed by atoms with Gasteiger partial charge >= 0.3 is 5.97 Å². The third kappa shape index (κ3) is 6.06. The Balaban J connectivity index is 1.93. The van der Waals surface area contributed by atoms with Gasteiger partial charge in [0, 0.05) is 35.5 Å². The van der Waals surface area contributed by atoms with E-state index in [4.69, 9.17) is 4.74 Å². The van der Waals surface area contributed by atoms with Gasteiger partial charge in [0.2, 0.25) is 0 Å². The number of esters is 1. The zero-order chi connectivity index (χ0) is 28.6. The van der Waals surface area contributed by atoms with Crippen LogP contribution in [0.2, 0.25) is 0 Å². The van der Waals surface area contributed by atoms with Gasteiger partial charge < -0.3 is 9.64 Å². The number of carbonyl (C=O) groups is 2. The highest BCUT2D eigenvalue weighted by Crippen LogP contribution is 2.55. The van der Waals surface area contributed by atoms with E-state index in [1.807, 2.05) is 50.4 Å². The number of hydrogen-bond acceptors (Lipinski definition) is 7. The molecule has 208 valence electrons. The molecule has 0 N–H and O–H groups in total. The number of likely N-dealkylation sites (tertiary alicyclic amines) is 1. The summed E-state index contributed by atoms with van der Waals surface area (Å²) in [7, 11) is 0. The van der Waals surface area contributed by atoms with Gasteiger partial charge in [0.25, 0.3) is 5.91 Å². The van der Waals surface area contributed by atoms with Crippen LogP contribution in [-0.2, 0) is 14.9 Å². The predicted octanol–water partition coefficient (Wildman–Crippen LogP) is 6.73. The van der Waals surface area contributed by atoms with Crippen LogP contribution < -0.4 is 0 Å². The van der Waals surface area contributed by atoms with Crippen LogP contribution in [0, 0.1) is 5.92 Å². The molecule has 0 spiro atoms. The maximum absolute atomic E-state index is 14.6. The van der Waals surface area contributed by atoms with Gasteiger partial charge in [-0.3, -0.25) is 4.79 Å². The molecule has 0 aliphatic carbocycles. The van der Waals surface area contributed by atoms with Crippen molar-refractivity contribution in [1.29, 1.82) is 0 Å². The third-order valence-corrected chi connectivity index (χ3v) is 7.98. The Morgan fingerprint density at radius 2 is 1.72 bits per heavy atom. The molecule has 1 fully saturated rings. The summed E-state index contributed by atoms with van der Waals surface area (Å²) in [5, 5.41) is 2.68. The Hall–Kier alpha value is -3.13. The van der Waals surface area contributed by atoms with Crippen molar-refractivity contribution in [2.24, 2.45) is 5.92 Å². The Kier molecular flexibility index (Phi) is 7.99. The molecular weight excluding hydrogens is 508 g/mol. The van der Waals surface area contributed by atoms with E-state index in [2.05, 4.69) is 49.6 Å². The monoisotopic (exact) mass is 548 g/mol. The summed E-state index contributed by atoms with van der Waals surface area (Å²) < 4.78 is 6.07. The van der Waals surface area contributed by atoms with Crippen molar-refractivity contribution in [1.82, 2.24) is 19.9 Å². The van der Waals surface area contributed by atoms with Crippen molar-refractivity contribution < 1.29 is 14.3 Å². The fourth-order valence-electron chi connectivity index (χ4n) is 5.55. The summed E-state index contributed by atoms with van der Waals surface area (Å²) in [5.41, 5.74) is 0.581. The lowest BCUT2D eigenvalue weighted by Crippen LogP contribution is -2.56. The van der Waals surface area contributed by atoms with Gasteiger partial charge in [0.05, 0.1) is 6.04 Å². The highest BCUT2D eigenvalue weighted by molar-refractivity contribution is 7.09. The molecule has 3 heterocycles. The smallest absolute Gasteiger partial charge is 0.332 e. The van der Waals surface area contributed by atoms with Crippen molar-refractivity contribution in [3.63, 3.8) is 0 Å². The molecule has 1 aliphatic heterocycles. The number of carbonyl (C=O) groups excluding carboxylic acids is 2.